The van der Waals surface area contributed by atoms with E-state index in [4.69, 9.17) is 9.40 Å². The van der Waals surface area contributed by atoms with Gasteiger partial charge < -0.3 is 4.42 Å². The Morgan fingerprint density at radius 3 is 1.52 bits per heavy atom. The van der Waals surface area contributed by atoms with Gasteiger partial charge in [-0.1, -0.05) is 66.7 Å². The van der Waals surface area contributed by atoms with Crippen LogP contribution in [0.4, 0.5) is 0 Å². The van der Waals surface area contributed by atoms with E-state index >= 15 is 0 Å². The lowest BCUT2D eigenvalue weighted by molar-refractivity contribution is 0.553. The van der Waals surface area contributed by atoms with Gasteiger partial charge in [-0.05, 0) is 61.4 Å². The van der Waals surface area contributed by atoms with Gasteiger partial charge in [-0.3, -0.25) is 0 Å². The quantitative estimate of drug-likeness (QED) is 0.328. The normalized spacial score (nSPS) is 11.7. The van der Waals surface area contributed by atoms with E-state index in [0.717, 1.165) is 34.3 Å². The Balaban J connectivity index is 1.78. The fourth-order valence-corrected chi connectivity index (χ4v) is 8.37. The highest BCUT2D eigenvalue weighted by atomic mass is 31.2. The van der Waals surface area contributed by atoms with Gasteiger partial charge in [0.05, 0.1) is 0 Å². The Morgan fingerprint density at radius 1 is 0.613 bits per heavy atom. The zero-order chi connectivity index (χ0) is 21.3. The first-order valence-electron chi connectivity index (χ1n) is 10.6. The predicted octanol–water partition coefficient (Wildman–Crippen LogP) is 5.94. The van der Waals surface area contributed by atoms with Gasteiger partial charge in [-0.2, -0.15) is 0 Å². The summed E-state index contributed by atoms with van der Waals surface area (Å²) in [6.07, 6.45) is 0.749. The van der Waals surface area contributed by atoms with Crippen molar-refractivity contribution in [1.29, 1.82) is 0 Å². The molecule has 0 aliphatic carbocycles. The van der Waals surface area contributed by atoms with Crippen molar-refractivity contribution >= 4 is 34.3 Å². The number of hydrogen-bond acceptors (Lipinski definition) is 2. The summed E-state index contributed by atoms with van der Waals surface area (Å²) in [6.45, 7) is 4.19. The van der Waals surface area contributed by atoms with Gasteiger partial charge in [0.2, 0.25) is 5.89 Å². The molecule has 5 aromatic rings. The van der Waals surface area contributed by atoms with E-state index in [9.17, 15) is 0 Å². The SMILES string of the molecule is Cc1ccc(C)c2oc(C[P+](c3ccccc3)(c3ccccc3)c3ccccc3)nc12. The largest absolute Gasteiger partial charge is 0.436 e. The minimum atomic E-state index is -2.02. The molecule has 0 amide bonds. The summed E-state index contributed by atoms with van der Waals surface area (Å²) in [6, 6.07) is 36.8. The third kappa shape index (κ3) is 3.48. The van der Waals surface area contributed by atoms with Crippen molar-refractivity contribution in [1.82, 2.24) is 4.98 Å². The van der Waals surface area contributed by atoms with Gasteiger partial charge in [0.1, 0.15) is 34.9 Å². The monoisotopic (exact) mass is 422 g/mol. The molecule has 0 aliphatic rings. The molecule has 31 heavy (non-hydrogen) atoms. The van der Waals surface area contributed by atoms with E-state index in [1.807, 2.05) is 0 Å². The van der Waals surface area contributed by atoms with Crippen LogP contribution in [-0.2, 0) is 6.16 Å². The van der Waals surface area contributed by atoms with Crippen molar-refractivity contribution in [2.45, 2.75) is 20.0 Å². The van der Waals surface area contributed by atoms with Crippen molar-refractivity contribution in [2.24, 2.45) is 0 Å². The zero-order valence-electron chi connectivity index (χ0n) is 17.8. The van der Waals surface area contributed by atoms with Crippen molar-refractivity contribution < 1.29 is 4.42 Å². The third-order valence-electron chi connectivity index (χ3n) is 5.95. The highest BCUT2D eigenvalue weighted by Crippen LogP contribution is 2.58. The van der Waals surface area contributed by atoms with Gasteiger partial charge in [0.15, 0.2) is 5.58 Å². The summed E-state index contributed by atoms with van der Waals surface area (Å²) in [5, 5.41) is 4.01. The van der Waals surface area contributed by atoms with Crippen LogP contribution >= 0.6 is 7.26 Å². The smallest absolute Gasteiger partial charge is 0.234 e. The summed E-state index contributed by atoms with van der Waals surface area (Å²) in [5.74, 6) is 0.803. The lowest BCUT2D eigenvalue weighted by atomic mass is 10.1. The second kappa shape index (κ2) is 8.13. The molecule has 152 valence electrons. The molecule has 0 atom stereocenters. The van der Waals surface area contributed by atoms with E-state index in [1.165, 1.54) is 15.9 Å². The van der Waals surface area contributed by atoms with E-state index in [0.29, 0.717) is 0 Å². The van der Waals surface area contributed by atoms with Crippen LogP contribution in [0.5, 0.6) is 0 Å². The van der Waals surface area contributed by atoms with Crippen LogP contribution in [0.25, 0.3) is 11.1 Å². The van der Waals surface area contributed by atoms with Gasteiger partial charge in [0, 0.05) is 0 Å². The standard InChI is InChI=1S/C28H25NOP/c1-21-18-19-22(2)28-27(21)29-26(30-28)20-31(23-12-6-3-7-13-23,24-14-8-4-9-15-24)25-16-10-5-11-17-25/h3-19H,20H2,1-2H3/q+1. The van der Waals surface area contributed by atoms with E-state index in [-0.39, 0.29) is 0 Å². The Hall–Kier alpha value is -3.22. The highest BCUT2D eigenvalue weighted by molar-refractivity contribution is 7.95. The maximum absolute atomic E-state index is 6.42. The summed E-state index contributed by atoms with van der Waals surface area (Å²) in [4.78, 5) is 5.00. The number of nitrogens with zero attached hydrogens (tertiary/aromatic N) is 1. The molecule has 0 aliphatic heterocycles. The Morgan fingerprint density at radius 2 is 1.06 bits per heavy atom. The predicted molar refractivity (Wildman–Crippen MR) is 132 cm³/mol. The molecule has 0 radical (unpaired) electrons. The zero-order valence-corrected chi connectivity index (χ0v) is 18.7. The number of hydrogen-bond donors (Lipinski definition) is 0. The van der Waals surface area contributed by atoms with Gasteiger partial charge in [-0.25, -0.2) is 4.98 Å². The van der Waals surface area contributed by atoms with Crippen LogP contribution < -0.4 is 15.9 Å². The van der Waals surface area contributed by atoms with Crippen LogP contribution in [0.15, 0.2) is 108 Å². The molecule has 4 aromatic carbocycles. The maximum atomic E-state index is 6.42. The van der Waals surface area contributed by atoms with Crippen molar-refractivity contribution in [3.63, 3.8) is 0 Å². The summed E-state index contributed by atoms with van der Waals surface area (Å²) < 4.78 is 6.42. The fraction of sp³-hybridized carbons (Fsp3) is 0.107. The molecule has 0 spiro atoms. The summed E-state index contributed by atoms with van der Waals surface area (Å²) >= 11 is 0. The molecule has 5 rings (SSSR count). The first kappa shape index (κ1) is 19.7. The second-order valence-electron chi connectivity index (χ2n) is 7.96. The molecular formula is C28H25NOP+. The average Bonchev–Trinajstić information content (AvgIpc) is 3.27. The molecule has 1 aromatic heterocycles. The minimum absolute atomic E-state index is 0.749. The average molecular weight is 422 g/mol. The number of benzene rings is 4. The Labute approximate surface area is 183 Å². The fourth-order valence-electron chi connectivity index (χ4n) is 4.34. The van der Waals surface area contributed by atoms with Crippen LogP contribution in [0.3, 0.4) is 0 Å². The van der Waals surface area contributed by atoms with E-state index < -0.39 is 7.26 Å². The van der Waals surface area contributed by atoms with Crippen LogP contribution in [0, 0.1) is 13.8 Å². The third-order valence-corrected chi connectivity index (χ3v) is 10.2. The lowest BCUT2D eigenvalue weighted by Gasteiger charge is -2.26. The number of oxazole rings is 1. The molecule has 0 fully saturated rings. The highest BCUT2D eigenvalue weighted by Gasteiger charge is 2.47. The van der Waals surface area contributed by atoms with E-state index in [2.05, 4.69) is 117 Å². The Bertz CT molecular complexity index is 1180. The van der Waals surface area contributed by atoms with Crippen LogP contribution in [-0.4, -0.2) is 4.98 Å². The van der Waals surface area contributed by atoms with Gasteiger partial charge >= 0.3 is 0 Å². The van der Waals surface area contributed by atoms with Crippen molar-refractivity contribution in [3.05, 3.63) is 120 Å². The summed E-state index contributed by atoms with van der Waals surface area (Å²) in [7, 11) is -2.02. The first-order chi connectivity index (χ1) is 15.2. The lowest BCUT2D eigenvalue weighted by Crippen LogP contribution is -2.32. The molecular weight excluding hydrogens is 397 g/mol. The maximum Gasteiger partial charge on any atom is 0.234 e. The molecule has 0 saturated carbocycles. The van der Waals surface area contributed by atoms with Crippen molar-refractivity contribution in [3.8, 4) is 0 Å². The van der Waals surface area contributed by atoms with Crippen LogP contribution in [0.2, 0.25) is 0 Å². The number of rotatable bonds is 5. The van der Waals surface area contributed by atoms with Crippen LogP contribution in [0.1, 0.15) is 17.0 Å². The number of aryl methyl sites for hydroxylation is 2. The minimum Gasteiger partial charge on any atom is -0.436 e. The molecule has 0 unspecified atom stereocenters. The summed E-state index contributed by atoms with van der Waals surface area (Å²) in [5.41, 5.74) is 4.16. The Kier molecular flexibility index (Phi) is 5.18. The van der Waals surface area contributed by atoms with E-state index in [1.54, 1.807) is 0 Å². The topological polar surface area (TPSA) is 26.0 Å². The van der Waals surface area contributed by atoms with Gasteiger partial charge in [-0.15, -0.1) is 0 Å². The second-order valence-corrected chi connectivity index (χ2v) is 11.4. The molecule has 1 heterocycles. The first-order valence-corrected chi connectivity index (χ1v) is 12.6. The molecule has 3 heteroatoms. The molecule has 0 N–H and O–H groups in total. The molecule has 0 bridgehead atoms. The number of fused-ring (bicyclic) bond motifs is 1. The molecule has 0 saturated heterocycles. The van der Waals surface area contributed by atoms with Crippen molar-refractivity contribution in [2.75, 3.05) is 0 Å². The number of aromatic nitrogens is 1. The van der Waals surface area contributed by atoms with Gasteiger partial charge in [0.25, 0.3) is 0 Å². The molecule has 2 nitrogen and oxygen atoms in total.